The molecule has 1 atom stereocenters. The molecule has 94 valence electrons. The SMILES string of the molecule is CC(CN1CCOCC1)OC(=O)c1ccco1. The van der Waals surface area contributed by atoms with Crippen molar-refractivity contribution in [1.29, 1.82) is 0 Å². The molecule has 0 saturated carbocycles. The summed E-state index contributed by atoms with van der Waals surface area (Å²) in [6.45, 7) is 5.90. The minimum absolute atomic E-state index is 0.148. The predicted molar refractivity (Wildman–Crippen MR) is 60.8 cm³/mol. The highest BCUT2D eigenvalue weighted by Gasteiger charge is 2.18. The van der Waals surface area contributed by atoms with Gasteiger partial charge in [-0.15, -0.1) is 0 Å². The van der Waals surface area contributed by atoms with E-state index in [2.05, 4.69) is 4.90 Å². The first-order valence-corrected chi connectivity index (χ1v) is 5.80. The fraction of sp³-hybridized carbons (Fsp3) is 0.583. The molecule has 0 spiro atoms. The normalized spacial score (nSPS) is 18.9. The zero-order valence-corrected chi connectivity index (χ0v) is 9.93. The summed E-state index contributed by atoms with van der Waals surface area (Å²) < 4.78 is 15.5. The van der Waals surface area contributed by atoms with E-state index in [0.717, 1.165) is 32.8 Å². The first-order chi connectivity index (χ1) is 8.25. The Morgan fingerprint density at radius 1 is 1.53 bits per heavy atom. The van der Waals surface area contributed by atoms with Crippen molar-refractivity contribution in [3.8, 4) is 0 Å². The molecule has 0 aliphatic carbocycles. The largest absolute Gasteiger partial charge is 0.457 e. The Morgan fingerprint density at radius 2 is 2.29 bits per heavy atom. The van der Waals surface area contributed by atoms with Crippen LogP contribution in [0, 0.1) is 0 Å². The molecule has 1 aliphatic heterocycles. The number of hydrogen-bond donors (Lipinski definition) is 0. The summed E-state index contributed by atoms with van der Waals surface area (Å²) in [5.41, 5.74) is 0. The van der Waals surface area contributed by atoms with Crippen molar-refractivity contribution in [3.05, 3.63) is 24.2 Å². The Labute approximate surface area is 100 Å². The zero-order valence-electron chi connectivity index (χ0n) is 9.93. The van der Waals surface area contributed by atoms with Gasteiger partial charge in [0.05, 0.1) is 19.5 Å². The lowest BCUT2D eigenvalue weighted by Crippen LogP contribution is -2.41. The third-order valence-electron chi connectivity index (χ3n) is 2.65. The van der Waals surface area contributed by atoms with E-state index in [-0.39, 0.29) is 11.9 Å². The van der Waals surface area contributed by atoms with Gasteiger partial charge < -0.3 is 13.9 Å². The summed E-state index contributed by atoms with van der Waals surface area (Å²) in [4.78, 5) is 13.8. The van der Waals surface area contributed by atoms with E-state index in [9.17, 15) is 4.79 Å². The van der Waals surface area contributed by atoms with E-state index in [1.165, 1.54) is 6.26 Å². The summed E-state index contributed by atoms with van der Waals surface area (Å²) >= 11 is 0. The lowest BCUT2D eigenvalue weighted by atomic mass is 10.3. The highest BCUT2D eigenvalue weighted by atomic mass is 16.6. The number of ether oxygens (including phenoxy) is 2. The lowest BCUT2D eigenvalue weighted by Gasteiger charge is -2.28. The van der Waals surface area contributed by atoms with E-state index in [0.29, 0.717) is 0 Å². The van der Waals surface area contributed by atoms with Gasteiger partial charge in [-0.3, -0.25) is 4.90 Å². The van der Waals surface area contributed by atoms with E-state index in [4.69, 9.17) is 13.9 Å². The van der Waals surface area contributed by atoms with Crippen LogP contribution < -0.4 is 0 Å². The van der Waals surface area contributed by atoms with Crippen LogP contribution in [0.25, 0.3) is 0 Å². The third kappa shape index (κ3) is 3.57. The first kappa shape index (κ1) is 12.1. The third-order valence-corrected chi connectivity index (χ3v) is 2.65. The number of morpholine rings is 1. The van der Waals surface area contributed by atoms with Crippen LogP contribution in [0.3, 0.4) is 0 Å². The molecule has 5 nitrogen and oxygen atoms in total. The van der Waals surface area contributed by atoms with Crippen LogP contribution in [0.4, 0.5) is 0 Å². The Hall–Kier alpha value is -1.33. The van der Waals surface area contributed by atoms with Crippen molar-refractivity contribution in [3.63, 3.8) is 0 Å². The van der Waals surface area contributed by atoms with Crippen LogP contribution >= 0.6 is 0 Å². The fourth-order valence-corrected chi connectivity index (χ4v) is 1.82. The molecular weight excluding hydrogens is 222 g/mol. The van der Waals surface area contributed by atoms with Gasteiger partial charge in [0.15, 0.2) is 0 Å². The maximum absolute atomic E-state index is 11.6. The summed E-state index contributed by atoms with van der Waals surface area (Å²) in [5.74, 6) is -0.158. The summed E-state index contributed by atoms with van der Waals surface area (Å²) in [6, 6.07) is 3.27. The van der Waals surface area contributed by atoms with Crippen LogP contribution in [0.1, 0.15) is 17.5 Å². The van der Waals surface area contributed by atoms with Crippen LogP contribution in [-0.4, -0.2) is 49.8 Å². The molecule has 1 unspecified atom stereocenters. The van der Waals surface area contributed by atoms with Crippen LogP contribution in [0.15, 0.2) is 22.8 Å². The van der Waals surface area contributed by atoms with Crippen molar-refractivity contribution in [2.75, 3.05) is 32.8 Å². The maximum Gasteiger partial charge on any atom is 0.374 e. The highest BCUT2D eigenvalue weighted by molar-refractivity contribution is 5.86. The van der Waals surface area contributed by atoms with Crippen LogP contribution in [0.2, 0.25) is 0 Å². The van der Waals surface area contributed by atoms with E-state index in [1.807, 2.05) is 6.92 Å². The van der Waals surface area contributed by atoms with Gasteiger partial charge in [0, 0.05) is 19.6 Å². The summed E-state index contributed by atoms with van der Waals surface area (Å²) in [6.07, 6.45) is 1.31. The maximum atomic E-state index is 11.6. The van der Waals surface area contributed by atoms with Gasteiger partial charge in [-0.1, -0.05) is 0 Å². The monoisotopic (exact) mass is 239 g/mol. The average molecular weight is 239 g/mol. The fourth-order valence-electron chi connectivity index (χ4n) is 1.82. The molecular formula is C12H17NO4. The van der Waals surface area contributed by atoms with Crippen molar-refractivity contribution in [2.45, 2.75) is 13.0 Å². The average Bonchev–Trinajstić information content (AvgIpc) is 2.83. The number of rotatable bonds is 4. The molecule has 2 heterocycles. The molecule has 1 saturated heterocycles. The first-order valence-electron chi connectivity index (χ1n) is 5.80. The molecule has 17 heavy (non-hydrogen) atoms. The van der Waals surface area contributed by atoms with Gasteiger partial charge >= 0.3 is 5.97 Å². The predicted octanol–water partition coefficient (Wildman–Crippen LogP) is 1.16. The molecule has 0 radical (unpaired) electrons. The van der Waals surface area contributed by atoms with Crippen molar-refractivity contribution >= 4 is 5.97 Å². The van der Waals surface area contributed by atoms with Crippen molar-refractivity contribution in [1.82, 2.24) is 4.90 Å². The second-order valence-electron chi connectivity index (χ2n) is 4.11. The van der Waals surface area contributed by atoms with Crippen LogP contribution in [0.5, 0.6) is 0 Å². The minimum atomic E-state index is -0.407. The molecule has 1 aliphatic rings. The summed E-state index contributed by atoms with van der Waals surface area (Å²) in [5, 5.41) is 0. The minimum Gasteiger partial charge on any atom is -0.457 e. The molecule has 1 aromatic heterocycles. The topological polar surface area (TPSA) is 51.9 Å². The Kier molecular flexibility index (Phi) is 4.17. The lowest BCUT2D eigenvalue weighted by molar-refractivity contribution is -0.00124. The standard InChI is InChI=1S/C12H17NO4/c1-10(9-13-4-7-15-8-5-13)17-12(14)11-3-2-6-16-11/h2-3,6,10H,4-5,7-9H2,1H3. The summed E-state index contributed by atoms with van der Waals surface area (Å²) in [7, 11) is 0. The molecule has 0 N–H and O–H groups in total. The van der Waals surface area contributed by atoms with Crippen molar-refractivity contribution in [2.24, 2.45) is 0 Å². The Morgan fingerprint density at radius 3 is 2.94 bits per heavy atom. The van der Waals surface area contributed by atoms with Gasteiger partial charge in [-0.25, -0.2) is 4.79 Å². The molecule has 1 fully saturated rings. The molecule has 0 bridgehead atoms. The number of furan rings is 1. The van der Waals surface area contributed by atoms with Gasteiger partial charge in [-0.2, -0.15) is 0 Å². The number of carbonyl (C=O) groups excluding carboxylic acids is 1. The van der Waals surface area contributed by atoms with Gasteiger partial charge in [0.25, 0.3) is 0 Å². The quantitative estimate of drug-likeness (QED) is 0.738. The molecule has 1 aromatic rings. The number of nitrogens with zero attached hydrogens (tertiary/aromatic N) is 1. The van der Waals surface area contributed by atoms with E-state index >= 15 is 0 Å². The van der Waals surface area contributed by atoms with Crippen LogP contribution in [-0.2, 0) is 9.47 Å². The number of esters is 1. The number of hydrogen-bond acceptors (Lipinski definition) is 5. The number of carbonyl (C=O) groups is 1. The molecule has 0 aromatic carbocycles. The Bertz CT molecular complexity index is 343. The van der Waals surface area contributed by atoms with Gasteiger partial charge in [0.1, 0.15) is 6.10 Å². The van der Waals surface area contributed by atoms with E-state index in [1.54, 1.807) is 12.1 Å². The van der Waals surface area contributed by atoms with Crippen molar-refractivity contribution < 1.29 is 18.7 Å². The molecule has 2 rings (SSSR count). The second-order valence-corrected chi connectivity index (χ2v) is 4.11. The zero-order chi connectivity index (χ0) is 12.1. The highest BCUT2D eigenvalue weighted by Crippen LogP contribution is 2.06. The molecule has 5 heteroatoms. The van der Waals surface area contributed by atoms with Gasteiger partial charge in [0.2, 0.25) is 5.76 Å². The second kappa shape index (κ2) is 5.84. The van der Waals surface area contributed by atoms with Gasteiger partial charge in [-0.05, 0) is 19.1 Å². The Balaban J connectivity index is 1.76. The molecule has 0 amide bonds. The smallest absolute Gasteiger partial charge is 0.374 e. The van der Waals surface area contributed by atoms with E-state index < -0.39 is 5.97 Å².